The maximum atomic E-state index is 9.21. The molecule has 0 radical (unpaired) electrons. The van der Waals surface area contributed by atoms with Crippen molar-refractivity contribution in [1.29, 1.82) is 5.26 Å². The summed E-state index contributed by atoms with van der Waals surface area (Å²) in [5, 5.41) is 12.6. The highest BCUT2D eigenvalue weighted by molar-refractivity contribution is 8.00. The van der Waals surface area contributed by atoms with Gasteiger partial charge in [0.2, 0.25) is 0 Å². The molecule has 0 unspecified atom stereocenters. The molecular formula is C13H18N2S2. The van der Waals surface area contributed by atoms with E-state index in [-0.39, 0.29) is 4.75 Å². The number of benzene rings is 1. The second kappa shape index (κ2) is 6.23. The second-order valence-electron chi connectivity index (χ2n) is 4.31. The van der Waals surface area contributed by atoms with Gasteiger partial charge < -0.3 is 5.32 Å². The van der Waals surface area contributed by atoms with Gasteiger partial charge in [0.15, 0.2) is 0 Å². The molecule has 0 aromatic heterocycles. The average molecular weight is 266 g/mol. The van der Waals surface area contributed by atoms with Gasteiger partial charge in [0.05, 0.1) is 11.3 Å². The first-order valence-corrected chi connectivity index (χ1v) is 7.85. The number of nitrogens with zero attached hydrogens (tertiary/aromatic N) is 1. The van der Waals surface area contributed by atoms with E-state index < -0.39 is 0 Å². The quantitative estimate of drug-likeness (QED) is 0.822. The summed E-state index contributed by atoms with van der Waals surface area (Å²) in [5.41, 5.74) is 1.68. The average Bonchev–Trinajstić information content (AvgIpc) is 2.35. The Labute approximate surface area is 112 Å². The molecule has 0 aliphatic carbocycles. The van der Waals surface area contributed by atoms with Crippen LogP contribution in [0.25, 0.3) is 0 Å². The van der Waals surface area contributed by atoms with Gasteiger partial charge in [0, 0.05) is 16.2 Å². The largest absolute Gasteiger partial charge is 0.383 e. The lowest BCUT2D eigenvalue weighted by molar-refractivity contribution is 0.752. The molecule has 0 aliphatic heterocycles. The predicted octanol–water partition coefficient (Wildman–Crippen LogP) is 3.83. The van der Waals surface area contributed by atoms with Crippen LogP contribution in [0.3, 0.4) is 0 Å². The topological polar surface area (TPSA) is 35.8 Å². The highest BCUT2D eigenvalue weighted by Gasteiger charge is 2.16. The van der Waals surface area contributed by atoms with Gasteiger partial charge in [-0.05, 0) is 38.5 Å². The van der Waals surface area contributed by atoms with Crippen molar-refractivity contribution in [3.05, 3.63) is 23.8 Å². The van der Waals surface area contributed by atoms with Crippen LogP contribution >= 0.6 is 23.5 Å². The van der Waals surface area contributed by atoms with Gasteiger partial charge in [-0.1, -0.05) is 6.07 Å². The Morgan fingerprint density at radius 1 is 1.35 bits per heavy atom. The van der Waals surface area contributed by atoms with Crippen molar-refractivity contribution >= 4 is 29.2 Å². The van der Waals surface area contributed by atoms with E-state index in [2.05, 4.69) is 31.5 Å². The number of rotatable bonds is 5. The Balaban J connectivity index is 2.89. The lowest BCUT2D eigenvalue weighted by Crippen LogP contribution is -2.26. The molecule has 4 heteroatoms. The molecule has 1 aromatic rings. The number of anilines is 1. The van der Waals surface area contributed by atoms with Crippen molar-refractivity contribution in [1.82, 2.24) is 0 Å². The molecule has 0 heterocycles. The van der Waals surface area contributed by atoms with Crippen LogP contribution in [0.4, 0.5) is 5.69 Å². The van der Waals surface area contributed by atoms with Gasteiger partial charge in [0.1, 0.15) is 6.07 Å². The van der Waals surface area contributed by atoms with Crippen LogP contribution < -0.4 is 5.32 Å². The number of hydrogen-bond donors (Lipinski definition) is 1. The van der Waals surface area contributed by atoms with Gasteiger partial charge in [-0.3, -0.25) is 0 Å². The van der Waals surface area contributed by atoms with Crippen LogP contribution in [0.15, 0.2) is 23.1 Å². The highest BCUT2D eigenvalue weighted by Crippen LogP contribution is 2.28. The van der Waals surface area contributed by atoms with E-state index in [1.54, 1.807) is 11.8 Å². The minimum Gasteiger partial charge on any atom is -0.383 e. The van der Waals surface area contributed by atoms with Crippen molar-refractivity contribution in [2.75, 3.05) is 24.4 Å². The molecule has 2 nitrogen and oxygen atoms in total. The fourth-order valence-electron chi connectivity index (χ4n) is 1.34. The Bertz CT molecular complexity index is 422. The van der Waals surface area contributed by atoms with E-state index in [9.17, 15) is 5.26 Å². The molecular weight excluding hydrogens is 248 g/mol. The van der Waals surface area contributed by atoms with E-state index in [0.29, 0.717) is 0 Å². The van der Waals surface area contributed by atoms with Crippen LogP contribution in [0.2, 0.25) is 0 Å². The van der Waals surface area contributed by atoms with Crippen LogP contribution in [0, 0.1) is 11.3 Å². The zero-order valence-corrected chi connectivity index (χ0v) is 12.3. The lowest BCUT2D eigenvalue weighted by atomic mass is 10.1. The molecule has 1 rings (SSSR count). The molecule has 17 heavy (non-hydrogen) atoms. The molecule has 92 valence electrons. The van der Waals surface area contributed by atoms with Crippen LogP contribution in [0.1, 0.15) is 19.4 Å². The van der Waals surface area contributed by atoms with Crippen molar-refractivity contribution in [2.24, 2.45) is 0 Å². The number of nitriles is 1. The maximum absolute atomic E-state index is 9.21. The van der Waals surface area contributed by atoms with Crippen molar-refractivity contribution in [3.63, 3.8) is 0 Å². The molecule has 0 amide bonds. The minimum atomic E-state index is 0.169. The smallest absolute Gasteiger partial charge is 0.102 e. The molecule has 0 fully saturated rings. The zero-order chi connectivity index (χ0) is 12.9. The predicted molar refractivity (Wildman–Crippen MR) is 79.0 cm³/mol. The van der Waals surface area contributed by atoms with Gasteiger partial charge in [-0.15, -0.1) is 11.8 Å². The first kappa shape index (κ1) is 14.3. The van der Waals surface area contributed by atoms with Crippen molar-refractivity contribution in [2.45, 2.75) is 23.5 Å². The first-order valence-electron chi connectivity index (χ1n) is 5.40. The first-order chi connectivity index (χ1) is 8.04. The molecule has 0 aliphatic rings. The highest BCUT2D eigenvalue weighted by atomic mass is 32.2. The Kier molecular flexibility index (Phi) is 5.23. The van der Waals surface area contributed by atoms with E-state index >= 15 is 0 Å². The van der Waals surface area contributed by atoms with Gasteiger partial charge in [-0.25, -0.2) is 0 Å². The maximum Gasteiger partial charge on any atom is 0.102 e. The molecule has 0 saturated heterocycles. The standard InChI is InChI=1S/C13H18N2S2/c1-13(2,17-4)9-15-11-6-5-7-12(16-3)10(11)8-14/h5-7,15H,9H2,1-4H3. The van der Waals surface area contributed by atoms with Crippen LogP contribution in [-0.2, 0) is 0 Å². The Morgan fingerprint density at radius 3 is 2.59 bits per heavy atom. The van der Waals surface area contributed by atoms with Gasteiger partial charge in [0.25, 0.3) is 0 Å². The summed E-state index contributed by atoms with van der Waals surface area (Å²) in [5.74, 6) is 0. The molecule has 0 atom stereocenters. The minimum absolute atomic E-state index is 0.169. The Hall–Kier alpha value is -0.790. The zero-order valence-electron chi connectivity index (χ0n) is 10.7. The summed E-state index contributed by atoms with van der Waals surface area (Å²) in [7, 11) is 0. The summed E-state index contributed by atoms with van der Waals surface area (Å²) in [6, 6.07) is 8.21. The fraction of sp³-hybridized carbons (Fsp3) is 0.462. The number of thioether (sulfide) groups is 2. The fourth-order valence-corrected chi connectivity index (χ4v) is 2.14. The molecule has 0 saturated carbocycles. The molecule has 1 N–H and O–H groups in total. The third-order valence-electron chi connectivity index (χ3n) is 2.62. The van der Waals surface area contributed by atoms with Crippen LogP contribution in [0.5, 0.6) is 0 Å². The second-order valence-corrected chi connectivity index (χ2v) is 6.67. The third-order valence-corrected chi connectivity index (χ3v) is 4.64. The van der Waals surface area contributed by atoms with Gasteiger partial charge in [-0.2, -0.15) is 17.0 Å². The number of hydrogen-bond acceptors (Lipinski definition) is 4. The van der Waals surface area contributed by atoms with E-state index in [1.165, 1.54) is 0 Å². The third kappa shape index (κ3) is 3.86. The lowest BCUT2D eigenvalue weighted by Gasteiger charge is -2.23. The van der Waals surface area contributed by atoms with E-state index in [1.807, 2.05) is 36.2 Å². The van der Waals surface area contributed by atoms with Crippen LogP contribution in [-0.4, -0.2) is 23.8 Å². The number of nitrogens with one attached hydrogen (secondary N) is 1. The Morgan fingerprint density at radius 2 is 2.06 bits per heavy atom. The summed E-state index contributed by atoms with van der Waals surface area (Å²) < 4.78 is 0.169. The summed E-state index contributed by atoms with van der Waals surface area (Å²) >= 11 is 3.42. The monoisotopic (exact) mass is 266 g/mol. The SMILES string of the molecule is CSc1cccc(NCC(C)(C)SC)c1C#N. The summed E-state index contributed by atoms with van der Waals surface area (Å²) in [4.78, 5) is 1.03. The normalized spacial score (nSPS) is 11.0. The summed E-state index contributed by atoms with van der Waals surface area (Å²) in [6.45, 7) is 5.23. The van der Waals surface area contributed by atoms with E-state index in [0.717, 1.165) is 22.7 Å². The summed E-state index contributed by atoms with van der Waals surface area (Å²) in [6.07, 6.45) is 4.09. The van der Waals surface area contributed by atoms with E-state index in [4.69, 9.17) is 0 Å². The van der Waals surface area contributed by atoms with Crippen molar-refractivity contribution < 1.29 is 0 Å². The molecule has 0 bridgehead atoms. The van der Waals surface area contributed by atoms with Crippen molar-refractivity contribution in [3.8, 4) is 6.07 Å². The molecule has 0 spiro atoms. The molecule has 1 aromatic carbocycles. The van der Waals surface area contributed by atoms with Gasteiger partial charge >= 0.3 is 0 Å².